The number of esters is 1. The van der Waals surface area contributed by atoms with Gasteiger partial charge in [-0.25, -0.2) is 0 Å². The lowest BCUT2D eigenvalue weighted by Gasteiger charge is -2.14. The molecule has 5 rings (SSSR count). The van der Waals surface area contributed by atoms with Crippen LogP contribution in [0.1, 0.15) is 35.7 Å². The average molecular weight is 550 g/mol. The maximum absolute atomic E-state index is 11.6. The van der Waals surface area contributed by atoms with Gasteiger partial charge in [0, 0.05) is 17.6 Å². The first-order valence-electron chi connectivity index (χ1n) is 14.0. The average Bonchev–Trinajstić information content (AvgIpc) is 3.40. The number of aromatic amines is 1. The molecule has 41 heavy (non-hydrogen) atoms. The van der Waals surface area contributed by atoms with E-state index in [-0.39, 0.29) is 12.4 Å². The summed E-state index contributed by atoms with van der Waals surface area (Å²) in [5.41, 5.74) is 5.31. The van der Waals surface area contributed by atoms with Crippen molar-refractivity contribution in [3.63, 3.8) is 0 Å². The van der Waals surface area contributed by atoms with Crippen LogP contribution in [-0.4, -0.2) is 24.7 Å². The van der Waals surface area contributed by atoms with Gasteiger partial charge in [-0.3, -0.25) is 4.79 Å². The summed E-state index contributed by atoms with van der Waals surface area (Å²) in [6.45, 7) is 3.23. The molecule has 1 N–H and O–H groups in total. The van der Waals surface area contributed by atoms with Gasteiger partial charge in [-0.2, -0.15) is 0 Å². The quantitative estimate of drug-likeness (QED) is 0.152. The zero-order valence-corrected chi connectivity index (χ0v) is 23.5. The van der Waals surface area contributed by atoms with E-state index in [0.29, 0.717) is 13.2 Å². The molecule has 210 valence electrons. The smallest absolute Gasteiger partial charge is 0.309 e. The number of aryl methyl sites for hydroxylation is 1. The van der Waals surface area contributed by atoms with Crippen molar-refractivity contribution in [2.75, 3.05) is 13.7 Å². The summed E-state index contributed by atoms with van der Waals surface area (Å²) in [6.07, 6.45) is 2.91. The summed E-state index contributed by atoms with van der Waals surface area (Å²) in [7, 11) is 1.41. The predicted octanol–water partition coefficient (Wildman–Crippen LogP) is 7.83. The van der Waals surface area contributed by atoms with Gasteiger partial charge >= 0.3 is 5.97 Å². The number of hydrogen-bond acceptors (Lipinski definition) is 5. The van der Waals surface area contributed by atoms with Crippen LogP contribution in [0, 0.1) is 0 Å². The van der Waals surface area contributed by atoms with E-state index in [1.165, 1.54) is 7.11 Å². The van der Waals surface area contributed by atoms with E-state index in [4.69, 9.17) is 18.9 Å². The van der Waals surface area contributed by atoms with Crippen LogP contribution in [-0.2, 0) is 35.4 Å². The van der Waals surface area contributed by atoms with Gasteiger partial charge in [-0.05, 0) is 89.2 Å². The van der Waals surface area contributed by atoms with E-state index in [1.54, 1.807) is 0 Å². The zero-order chi connectivity index (χ0) is 28.4. The second kappa shape index (κ2) is 13.6. The number of fused-ring (bicyclic) bond motifs is 1. The zero-order valence-electron chi connectivity index (χ0n) is 23.5. The third-order valence-electron chi connectivity index (χ3n) is 6.81. The van der Waals surface area contributed by atoms with Gasteiger partial charge in [0.15, 0.2) is 0 Å². The van der Waals surface area contributed by atoms with Crippen molar-refractivity contribution < 1.29 is 23.7 Å². The highest BCUT2D eigenvalue weighted by molar-refractivity contribution is 5.83. The molecule has 0 aliphatic rings. The Hall–Kier alpha value is -4.71. The van der Waals surface area contributed by atoms with Crippen molar-refractivity contribution in [1.29, 1.82) is 0 Å². The molecule has 0 atom stereocenters. The van der Waals surface area contributed by atoms with Crippen molar-refractivity contribution in [2.24, 2.45) is 0 Å². The molecule has 1 aromatic heterocycles. The molecule has 0 radical (unpaired) electrons. The Morgan fingerprint density at radius 3 is 2.32 bits per heavy atom. The summed E-state index contributed by atoms with van der Waals surface area (Å²) in [5, 5.41) is 1.07. The maximum atomic E-state index is 11.6. The molecular formula is C35H35NO5. The van der Waals surface area contributed by atoms with E-state index in [0.717, 1.165) is 75.5 Å². The summed E-state index contributed by atoms with van der Waals surface area (Å²) in [5.74, 6) is 2.96. The highest BCUT2D eigenvalue weighted by Gasteiger charge is 2.09. The molecule has 0 aliphatic heterocycles. The van der Waals surface area contributed by atoms with E-state index in [2.05, 4.69) is 24.0 Å². The lowest BCUT2D eigenvalue weighted by atomic mass is 10.1. The van der Waals surface area contributed by atoms with Crippen LogP contribution in [0.15, 0.2) is 97.1 Å². The Labute approximate surface area is 240 Å². The Morgan fingerprint density at radius 2 is 1.54 bits per heavy atom. The topological polar surface area (TPSA) is 69.8 Å². The summed E-state index contributed by atoms with van der Waals surface area (Å²) < 4.78 is 23.0. The molecule has 0 spiro atoms. The second-order valence-electron chi connectivity index (χ2n) is 9.93. The number of benzene rings is 4. The molecule has 0 saturated heterocycles. The van der Waals surface area contributed by atoms with Gasteiger partial charge in [0.25, 0.3) is 0 Å². The summed E-state index contributed by atoms with van der Waals surface area (Å²) in [4.78, 5) is 15.0. The molecule has 0 saturated carbocycles. The van der Waals surface area contributed by atoms with Gasteiger partial charge in [-0.15, -0.1) is 0 Å². The van der Waals surface area contributed by atoms with Crippen molar-refractivity contribution in [2.45, 2.75) is 39.2 Å². The van der Waals surface area contributed by atoms with Crippen LogP contribution in [0.25, 0.3) is 10.9 Å². The lowest BCUT2D eigenvalue weighted by molar-refractivity contribution is -0.139. The number of H-pyrrole nitrogens is 1. The van der Waals surface area contributed by atoms with E-state index in [9.17, 15) is 4.79 Å². The number of nitrogens with one attached hydrogen (secondary N) is 1. The molecule has 0 fully saturated rings. The van der Waals surface area contributed by atoms with Gasteiger partial charge in [0.2, 0.25) is 0 Å². The number of ether oxygens (including phenoxy) is 4. The standard InChI is InChI=1S/C35H35NO5/c1-3-7-27-23-32(41-31-13-11-30(12-14-31)40-24-25-8-5-4-6-9-25)15-17-34(27)39-19-18-29-22-28-20-26(21-35(37)38-2)10-16-33(28)36-29/h4-6,8-17,20,22-23,36H,3,7,18-19,21,24H2,1-2H3. The fourth-order valence-corrected chi connectivity index (χ4v) is 4.70. The van der Waals surface area contributed by atoms with Crippen LogP contribution in [0.5, 0.6) is 23.0 Å². The maximum Gasteiger partial charge on any atom is 0.309 e. The number of hydrogen-bond donors (Lipinski definition) is 1. The largest absolute Gasteiger partial charge is 0.493 e. The molecule has 0 unspecified atom stereocenters. The van der Waals surface area contributed by atoms with Crippen LogP contribution in [0.2, 0.25) is 0 Å². The normalized spacial score (nSPS) is 10.9. The van der Waals surface area contributed by atoms with Crippen LogP contribution >= 0.6 is 0 Å². The number of carbonyl (C=O) groups is 1. The van der Waals surface area contributed by atoms with E-state index >= 15 is 0 Å². The Morgan fingerprint density at radius 1 is 0.756 bits per heavy atom. The minimum atomic E-state index is -0.241. The van der Waals surface area contributed by atoms with Crippen molar-refractivity contribution in [1.82, 2.24) is 4.98 Å². The SMILES string of the molecule is CCCc1cc(Oc2ccc(OCc3ccccc3)cc2)ccc1OCCc1cc2cc(CC(=O)OC)ccc2[nH]1. The number of methoxy groups -OCH3 is 1. The van der Waals surface area contributed by atoms with Gasteiger partial charge in [0.1, 0.15) is 29.6 Å². The second-order valence-corrected chi connectivity index (χ2v) is 9.93. The highest BCUT2D eigenvalue weighted by Crippen LogP contribution is 2.30. The Balaban J connectivity index is 1.17. The minimum Gasteiger partial charge on any atom is -0.493 e. The van der Waals surface area contributed by atoms with Gasteiger partial charge in [0.05, 0.1) is 20.1 Å². The molecule has 5 aromatic rings. The van der Waals surface area contributed by atoms with Crippen LogP contribution in [0.4, 0.5) is 0 Å². The Kier molecular flexibility index (Phi) is 9.22. The third kappa shape index (κ3) is 7.70. The first-order valence-corrected chi connectivity index (χ1v) is 14.0. The van der Waals surface area contributed by atoms with Gasteiger partial charge in [-0.1, -0.05) is 49.7 Å². The van der Waals surface area contributed by atoms with Gasteiger partial charge < -0.3 is 23.9 Å². The number of carbonyl (C=O) groups excluding carboxylic acids is 1. The predicted molar refractivity (Wildman–Crippen MR) is 161 cm³/mol. The monoisotopic (exact) mass is 549 g/mol. The van der Waals surface area contributed by atoms with Crippen molar-refractivity contribution in [3.05, 3.63) is 119 Å². The number of rotatable bonds is 13. The van der Waals surface area contributed by atoms with Crippen LogP contribution < -0.4 is 14.2 Å². The van der Waals surface area contributed by atoms with Crippen LogP contribution in [0.3, 0.4) is 0 Å². The number of aromatic nitrogens is 1. The molecular weight excluding hydrogens is 514 g/mol. The lowest BCUT2D eigenvalue weighted by Crippen LogP contribution is -2.04. The molecule has 0 bridgehead atoms. The van der Waals surface area contributed by atoms with Crippen molar-refractivity contribution in [3.8, 4) is 23.0 Å². The molecule has 0 aliphatic carbocycles. The fourth-order valence-electron chi connectivity index (χ4n) is 4.70. The molecule has 6 heteroatoms. The fraction of sp³-hybridized carbons (Fsp3) is 0.229. The van der Waals surface area contributed by atoms with Crippen molar-refractivity contribution >= 4 is 16.9 Å². The molecule has 0 amide bonds. The molecule has 6 nitrogen and oxygen atoms in total. The summed E-state index contributed by atoms with van der Waals surface area (Å²) >= 11 is 0. The third-order valence-corrected chi connectivity index (χ3v) is 6.81. The van der Waals surface area contributed by atoms with E-state index < -0.39 is 0 Å². The Bertz CT molecular complexity index is 1570. The minimum absolute atomic E-state index is 0.241. The first kappa shape index (κ1) is 27.8. The van der Waals surface area contributed by atoms with E-state index in [1.807, 2.05) is 84.9 Å². The molecule has 1 heterocycles. The molecule has 4 aromatic carbocycles. The highest BCUT2D eigenvalue weighted by atomic mass is 16.5. The summed E-state index contributed by atoms with van der Waals surface area (Å²) in [6, 6.07) is 31.9. The first-order chi connectivity index (χ1) is 20.1.